The van der Waals surface area contributed by atoms with Gasteiger partial charge in [-0.2, -0.15) is 4.31 Å². The molecule has 0 spiro atoms. The van der Waals surface area contributed by atoms with Gasteiger partial charge in [0.2, 0.25) is 15.9 Å². The van der Waals surface area contributed by atoms with Crippen molar-refractivity contribution < 1.29 is 22.7 Å². The first-order chi connectivity index (χ1) is 14.8. The molecule has 1 fully saturated rings. The van der Waals surface area contributed by atoms with Crippen LogP contribution in [0, 0.1) is 12.8 Å². The Kier molecular flexibility index (Phi) is 7.46. The molecular weight excluding hydrogens is 416 g/mol. The molecule has 8 heteroatoms. The molecule has 0 atom stereocenters. The van der Waals surface area contributed by atoms with E-state index in [2.05, 4.69) is 5.32 Å². The first kappa shape index (κ1) is 23.0. The van der Waals surface area contributed by atoms with Crippen LogP contribution in [0.1, 0.15) is 35.7 Å². The number of piperidine rings is 1. The van der Waals surface area contributed by atoms with E-state index in [1.807, 2.05) is 31.2 Å². The summed E-state index contributed by atoms with van der Waals surface area (Å²) in [4.78, 5) is 24.1. The third-order valence-electron chi connectivity index (χ3n) is 5.39. The fraction of sp³-hybridized carbons (Fsp3) is 0.391. The molecule has 2 aromatic carbocycles. The molecule has 0 aromatic heterocycles. The maximum Gasteiger partial charge on any atom is 0.243 e. The van der Waals surface area contributed by atoms with E-state index in [0.717, 1.165) is 11.3 Å². The summed E-state index contributed by atoms with van der Waals surface area (Å²) >= 11 is 0. The molecule has 1 amide bonds. The molecule has 0 unspecified atom stereocenters. The van der Waals surface area contributed by atoms with Crippen LogP contribution < -0.4 is 10.1 Å². The zero-order chi connectivity index (χ0) is 22.4. The molecule has 1 saturated heterocycles. The first-order valence-electron chi connectivity index (χ1n) is 10.4. The molecule has 31 heavy (non-hydrogen) atoms. The van der Waals surface area contributed by atoms with Crippen molar-refractivity contribution in [3.05, 3.63) is 59.7 Å². The summed E-state index contributed by atoms with van der Waals surface area (Å²) in [5.74, 6) is 0.267. The Labute approximate surface area is 183 Å². The van der Waals surface area contributed by atoms with E-state index in [1.54, 1.807) is 12.1 Å². The van der Waals surface area contributed by atoms with Gasteiger partial charge in [-0.05, 0) is 51.0 Å². The number of nitrogens with zero attached hydrogens (tertiary/aromatic N) is 1. The second kappa shape index (κ2) is 10.1. The number of ketones is 1. The molecule has 1 N–H and O–H groups in total. The van der Waals surface area contributed by atoms with Gasteiger partial charge in [0.15, 0.2) is 5.78 Å². The highest BCUT2D eigenvalue weighted by atomic mass is 32.2. The number of benzene rings is 2. The van der Waals surface area contributed by atoms with E-state index in [0.29, 0.717) is 31.6 Å². The van der Waals surface area contributed by atoms with Gasteiger partial charge in [-0.1, -0.05) is 29.8 Å². The Hall–Kier alpha value is -2.71. The molecule has 166 valence electrons. The zero-order valence-corrected chi connectivity index (χ0v) is 18.7. The number of amides is 1. The van der Waals surface area contributed by atoms with Gasteiger partial charge in [-0.25, -0.2) is 8.42 Å². The zero-order valence-electron chi connectivity index (χ0n) is 17.8. The molecule has 0 aliphatic carbocycles. The van der Waals surface area contributed by atoms with Crippen molar-refractivity contribution in [1.29, 1.82) is 0 Å². The van der Waals surface area contributed by atoms with E-state index in [4.69, 9.17) is 4.74 Å². The second-order valence-electron chi connectivity index (χ2n) is 7.71. The molecule has 1 heterocycles. The first-order valence-corrected chi connectivity index (χ1v) is 11.8. The molecule has 3 rings (SSSR count). The summed E-state index contributed by atoms with van der Waals surface area (Å²) in [7, 11) is -3.69. The molecule has 7 nitrogen and oxygen atoms in total. The Bertz CT molecular complexity index is 1030. The largest absolute Gasteiger partial charge is 0.492 e. The smallest absolute Gasteiger partial charge is 0.243 e. The van der Waals surface area contributed by atoms with Crippen LogP contribution in [-0.2, 0) is 14.8 Å². The minimum absolute atomic E-state index is 0.0804. The quantitative estimate of drug-likeness (QED) is 0.499. The SMILES string of the molecule is CC(=O)c1cccc(S(=O)(=O)N2CCC(C(=O)NCCOc3ccc(C)cc3)CC2)c1. The fourth-order valence-corrected chi connectivity index (χ4v) is 5.02. The van der Waals surface area contributed by atoms with E-state index >= 15 is 0 Å². The van der Waals surface area contributed by atoms with E-state index in [1.165, 1.54) is 23.4 Å². The normalized spacial score (nSPS) is 15.4. The summed E-state index contributed by atoms with van der Waals surface area (Å²) < 4.78 is 32.8. The minimum atomic E-state index is -3.69. The highest BCUT2D eigenvalue weighted by Crippen LogP contribution is 2.24. The second-order valence-corrected chi connectivity index (χ2v) is 9.65. The predicted octanol–water partition coefficient (Wildman–Crippen LogP) is 2.79. The topological polar surface area (TPSA) is 92.8 Å². The van der Waals surface area contributed by atoms with E-state index in [9.17, 15) is 18.0 Å². The van der Waals surface area contributed by atoms with Crippen molar-refractivity contribution in [2.75, 3.05) is 26.2 Å². The van der Waals surface area contributed by atoms with Crippen LogP contribution in [0.4, 0.5) is 0 Å². The van der Waals surface area contributed by atoms with Gasteiger partial charge < -0.3 is 10.1 Å². The number of hydrogen-bond acceptors (Lipinski definition) is 5. The Balaban J connectivity index is 1.47. The summed E-state index contributed by atoms with van der Waals surface area (Å²) in [5.41, 5.74) is 1.52. The van der Waals surface area contributed by atoms with E-state index < -0.39 is 10.0 Å². The van der Waals surface area contributed by atoms with Crippen LogP contribution in [0.15, 0.2) is 53.4 Å². The number of ether oxygens (including phenoxy) is 1. The van der Waals surface area contributed by atoms with Gasteiger partial charge in [0.25, 0.3) is 0 Å². The van der Waals surface area contributed by atoms with Crippen LogP contribution >= 0.6 is 0 Å². The molecule has 2 aromatic rings. The van der Waals surface area contributed by atoms with Crippen molar-refractivity contribution in [3.63, 3.8) is 0 Å². The van der Waals surface area contributed by atoms with Gasteiger partial charge in [0.1, 0.15) is 12.4 Å². The average molecular weight is 445 g/mol. The van der Waals surface area contributed by atoms with Crippen LogP contribution in [0.2, 0.25) is 0 Å². The number of carbonyl (C=O) groups is 2. The van der Waals surface area contributed by atoms with Crippen LogP contribution in [0.25, 0.3) is 0 Å². The third-order valence-corrected chi connectivity index (χ3v) is 7.29. The van der Waals surface area contributed by atoms with Crippen molar-refractivity contribution in [1.82, 2.24) is 9.62 Å². The third kappa shape index (κ3) is 5.92. The predicted molar refractivity (Wildman–Crippen MR) is 118 cm³/mol. The Morgan fingerprint density at radius 3 is 2.42 bits per heavy atom. The number of nitrogens with one attached hydrogen (secondary N) is 1. The number of sulfonamides is 1. The number of hydrogen-bond donors (Lipinski definition) is 1. The van der Waals surface area contributed by atoms with Crippen LogP contribution in [0.5, 0.6) is 5.75 Å². The number of carbonyl (C=O) groups excluding carboxylic acids is 2. The van der Waals surface area contributed by atoms with Crippen molar-refractivity contribution in [3.8, 4) is 5.75 Å². The lowest BCUT2D eigenvalue weighted by atomic mass is 9.97. The van der Waals surface area contributed by atoms with Gasteiger partial charge >= 0.3 is 0 Å². The summed E-state index contributed by atoms with van der Waals surface area (Å²) in [6.07, 6.45) is 0.909. The monoisotopic (exact) mass is 444 g/mol. The maximum atomic E-state index is 12.9. The number of Topliss-reactive ketones (excluding diaryl/α,β-unsaturated/α-hetero) is 1. The lowest BCUT2D eigenvalue weighted by Crippen LogP contribution is -2.43. The molecule has 0 saturated carbocycles. The van der Waals surface area contributed by atoms with Gasteiger partial charge in [-0.3, -0.25) is 9.59 Å². The summed E-state index contributed by atoms with van der Waals surface area (Å²) in [6.45, 7) is 4.71. The average Bonchev–Trinajstić information content (AvgIpc) is 2.78. The lowest BCUT2D eigenvalue weighted by molar-refractivity contribution is -0.126. The van der Waals surface area contributed by atoms with Crippen molar-refractivity contribution in [2.45, 2.75) is 31.6 Å². The number of aryl methyl sites for hydroxylation is 1. The van der Waals surface area contributed by atoms with Crippen LogP contribution in [0.3, 0.4) is 0 Å². The standard InChI is InChI=1S/C23H28N2O5S/c1-17-6-8-21(9-7-17)30-15-12-24-23(27)19-10-13-25(14-11-19)31(28,29)22-5-3-4-20(16-22)18(2)26/h3-9,16,19H,10-15H2,1-2H3,(H,24,27). The number of rotatable bonds is 8. The summed E-state index contributed by atoms with van der Waals surface area (Å²) in [6, 6.07) is 13.8. The molecule has 1 aliphatic rings. The fourth-order valence-electron chi connectivity index (χ4n) is 3.50. The molecule has 0 bridgehead atoms. The van der Waals surface area contributed by atoms with Gasteiger partial charge in [0.05, 0.1) is 11.4 Å². The Morgan fingerprint density at radius 1 is 1.10 bits per heavy atom. The molecule has 1 aliphatic heterocycles. The molecular formula is C23H28N2O5S. The minimum Gasteiger partial charge on any atom is -0.492 e. The Morgan fingerprint density at radius 2 is 1.77 bits per heavy atom. The van der Waals surface area contributed by atoms with Gasteiger partial charge in [0, 0.05) is 24.6 Å². The highest BCUT2D eigenvalue weighted by molar-refractivity contribution is 7.89. The van der Waals surface area contributed by atoms with Gasteiger partial charge in [-0.15, -0.1) is 0 Å². The maximum absolute atomic E-state index is 12.9. The highest BCUT2D eigenvalue weighted by Gasteiger charge is 2.32. The van der Waals surface area contributed by atoms with Crippen molar-refractivity contribution in [2.24, 2.45) is 5.92 Å². The van der Waals surface area contributed by atoms with Crippen molar-refractivity contribution >= 4 is 21.7 Å². The summed E-state index contributed by atoms with van der Waals surface area (Å²) in [5, 5.41) is 2.87. The van der Waals surface area contributed by atoms with Crippen LogP contribution in [-0.4, -0.2) is 50.7 Å². The van der Waals surface area contributed by atoms with E-state index in [-0.39, 0.29) is 35.6 Å². The lowest BCUT2D eigenvalue weighted by Gasteiger charge is -2.30. The molecule has 0 radical (unpaired) electrons.